The lowest BCUT2D eigenvalue weighted by Crippen LogP contribution is -2.43. The van der Waals surface area contributed by atoms with E-state index < -0.39 is 35.6 Å². The van der Waals surface area contributed by atoms with Gasteiger partial charge in [-0.2, -0.15) is 0 Å². The van der Waals surface area contributed by atoms with Gasteiger partial charge in [0.05, 0.1) is 59.1 Å². The molecule has 2 aliphatic heterocycles. The summed E-state index contributed by atoms with van der Waals surface area (Å²) in [6.07, 6.45) is 8.91. The second-order valence-corrected chi connectivity index (χ2v) is 19.8. The molecule has 0 aromatic heterocycles. The number of carbonyl (C=O) groups excluding carboxylic acids is 10. The molecule has 416 valence electrons. The number of amides is 9. The second-order valence-electron chi connectivity index (χ2n) is 14.3. The van der Waals surface area contributed by atoms with Crippen molar-refractivity contribution in [2.75, 3.05) is 106 Å². The number of imide groups is 2. The molecule has 0 saturated carbocycles. The van der Waals surface area contributed by atoms with Gasteiger partial charge in [0.1, 0.15) is 13.2 Å². The van der Waals surface area contributed by atoms with E-state index in [0.717, 1.165) is 36.7 Å². The maximum Gasteiger partial charge on any atom is 0.253 e. The standard InChI is InChI=1S/C20H34N6O7.C20H31N4O7PS.3CH4.P2S2/c21-14-25-15(20(22)31)3-1-2-7-23-17(28)13-33-12-11-32-10-8-24-16(27)6-9-26-18(29)4-5-19(26)30;1-21-15(20(29)32-33)4-2-3-8-22-17(26)14-31-13-12-30-11-9-23-16(25)7-10-24-18(27)5-6-19(24)28;;;;3-1-2-4/h4-5,15,25H,1-3,6-14,21H2,(H2,22,31)(H,23,28)(H,24,27);5-6,15,21H,2-4,7-14H2,1H3,(H,22,26)(H,23,25);3*1H4;/t2*15-;;;;/m00..../s1. The summed E-state index contributed by atoms with van der Waals surface area (Å²) in [4.78, 5) is 117. The van der Waals surface area contributed by atoms with E-state index >= 15 is 0 Å². The van der Waals surface area contributed by atoms with Crippen molar-refractivity contribution in [2.24, 2.45) is 11.5 Å². The lowest BCUT2D eigenvalue weighted by molar-refractivity contribution is -0.139. The number of likely N-dealkylation sites (N-methyl/N-ethyl adjacent to an activating group) is 1. The van der Waals surface area contributed by atoms with E-state index in [0.29, 0.717) is 46.1 Å². The Morgan fingerprint density at radius 3 is 1.27 bits per heavy atom. The maximum atomic E-state index is 11.7. The van der Waals surface area contributed by atoms with Crippen molar-refractivity contribution in [3.63, 3.8) is 0 Å². The normalized spacial score (nSPS) is 13.1. The first kappa shape index (κ1) is 75.6. The Balaban J connectivity index is -0.000000584. The van der Waals surface area contributed by atoms with Gasteiger partial charge in [-0.3, -0.25) is 63.1 Å². The van der Waals surface area contributed by atoms with Crippen LogP contribution in [0.3, 0.4) is 0 Å². The van der Waals surface area contributed by atoms with Crippen LogP contribution in [0.25, 0.3) is 0 Å². The number of nitrogens with one attached hydrogen (secondary N) is 6. The number of nitrogens with zero attached hydrogens (tertiary/aromatic N) is 2. The molecule has 73 heavy (non-hydrogen) atoms. The van der Waals surface area contributed by atoms with E-state index in [-0.39, 0.29) is 156 Å². The molecule has 2 atom stereocenters. The Morgan fingerprint density at radius 2 is 0.932 bits per heavy atom. The molecule has 0 fully saturated rings. The van der Waals surface area contributed by atoms with Crippen LogP contribution in [0, 0.1) is 0 Å². The summed E-state index contributed by atoms with van der Waals surface area (Å²) in [5, 5.41) is 16.5. The van der Waals surface area contributed by atoms with Gasteiger partial charge in [0.25, 0.3) is 23.6 Å². The van der Waals surface area contributed by atoms with Crippen LogP contribution in [-0.4, -0.2) is 186 Å². The molecule has 2 aliphatic rings. The Hall–Kier alpha value is -3.94. The number of carbonyl (C=O) groups is 10. The quantitative estimate of drug-likeness (QED) is 0.0174. The van der Waals surface area contributed by atoms with Gasteiger partial charge in [-0.15, -0.1) is 0 Å². The van der Waals surface area contributed by atoms with Gasteiger partial charge in [0, 0.05) is 97.2 Å². The van der Waals surface area contributed by atoms with Crippen LogP contribution >= 0.6 is 21.4 Å². The molecule has 0 radical (unpaired) electrons. The molecule has 0 aromatic rings. The molecule has 24 nitrogen and oxygen atoms in total. The van der Waals surface area contributed by atoms with E-state index in [9.17, 15) is 47.9 Å². The third kappa shape index (κ3) is 40.1. The molecule has 0 saturated heterocycles. The molecule has 2 heterocycles. The third-order valence-electron chi connectivity index (χ3n) is 9.23. The van der Waals surface area contributed by atoms with E-state index in [2.05, 4.69) is 55.5 Å². The highest BCUT2D eigenvalue weighted by molar-refractivity contribution is 8.40. The first-order valence-corrected chi connectivity index (χ1v) is 28.4. The van der Waals surface area contributed by atoms with Crippen LogP contribution in [0.4, 0.5) is 0 Å². The van der Waals surface area contributed by atoms with Crippen LogP contribution in [0.2, 0.25) is 0 Å². The van der Waals surface area contributed by atoms with Gasteiger partial charge < -0.3 is 57.0 Å². The van der Waals surface area contributed by atoms with Crippen molar-refractivity contribution in [3.05, 3.63) is 24.3 Å². The van der Waals surface area contributed by atoms with Gasteiger partial charge in [-0.25, -0.2) is 0 Å². The fourth-order valence-corrected chi connectivity index (χ4v) is 6.42. The number of hydrogen-bond acceptors (Lipinski definition) is 20. The molecule has 30 heteroatoms. The molecule has 0 aromatic carbocycles. The molecular formula is C43H77N10O14P3S3. The number of rotatable bonds is 39. The maximum absolute atomic E-state index is 11.7. The van der Waals surface area contributed by atoms with Crippen LogP contribution < -0.4 is 43.4 Å². The largest absolute Gasteiger partial charge is 0.377 e. The molecule has 10 N–H and O–H groups in total. The highest BCUT2D eigenvalue weighted by atomic mass is 32.7. The lowest BCUT2D eigenvalue weighted by Gasteiger charge is -2.13. The van der Waals surface area contributed by atoms with Crippen LogP contribution in [0.5, 0.6) is 0 Å². The highest BCUT2D eigenvalue weighted by Crippen LogP contribution is 2.11. The monoisotopic (exact) mass is 1150 g/mol. The second kappa shape index (κ2) is 50.2. The molecule has 0 unspecified atom stereocenters. The van der Waals surface area contributed by atoms with Gasteiger partial charge in [0.2, 0.25) is 35.1 Å². The Kier molecular flexibility index (Phi) is 52.0. The van der Waals surface area contributed by atoms with Crippen LogP contribution in [0.15, 0.2) is 24.3 Å². The SMILES string of the molecule is C.C.C.CN[C@@H](CCCCNC(=O)COCCOCCNC(=O)CCN1C(=O)C=CC1=O)C(=O)P=S.NCN[C@@H](CCCCNC(=O)COCCOCCNC(=O)CCN1C(=O)C=CC1=O)C(N)=O.S=PP=S. The summed E-state index contributed by atoms with van der Waals surface area (Å²) in [5.41, 5.74) is 10.6. The zero-order valence-electron chi connectivity index (χ0n) is 39.1. The zero-order valence-corrected chi connectivity index (χ0v) is 44.2. The van der Waals surface area contributed by atoms with Crippen LogP contribution in [0.1, 0.15) is 73.6 Å². The van der Waals surface area contributed by atoms with Crippen molar-refractivity contribution >= 4 is 116 Å². The molecular weight excluding hydrogens is 1070 g/mol. The van der Waals surface area contributed by atoms with E-state index in [4.69, 9.17) is 42.2 Å². The van der Waals surface area contributed by atoms with Crippen molar-refractivity contribution in [3.8, 4) is 0 Å². The van der Waals surface area contributed by atoms with Crippen molar-refractivity contribution in [1.29, 1.82) is 0 Å². The first-order chi connectivity index (χ1) is 33.6. The number of ether oxygens (including phenoxy) is 4. The minimum atomic E-state index is -0.467. The van der Waals surface area contributed by atoms with Gasteiger partial charge in [-0.1, -0.05) is 22.3 Å². The molecule has 0 bridgehead atoms. The van der Waals surface area contributed by atoms with Gasteiger partial charge >= 0.3 is 0 Å². The number of hydrogen-bond donors (Lipinski definition) is 8. The average molecular weight is 1150 g/mol. The summed E-state index contributed by atoms with van der Waals surface area (Å²) in [7, 11) is 3.79. The summed E-state index contributed by atoms with van der Waals surface area (Å²) >= 11 is 13.6. The van der Waals surface area contributed by atoms with Gasteiger partial charge in [0.15, 0.2) is 0 Å². The predicted molar refractivity (Wildman–Crippen MR) is 290 cm³/mol. The molecule has 9 amide bonds. The Bertz CT molecular complexity index is 1750. The molecule has 0 spiro atoms. The van der Waals surface area contributed by atoms with Gasteiger partial charge in [-0.05, 0) is 81.0 Å². The number of nitrogens with two attached hydrogens (primary N) is 2. The van der Waals surface area contributed by atoms with Crippen molar-refractivity contribution in [1.82, 2.24) is 41.7 Å². The zero-order chi connectivity index (χ0) is 52.4. The summed E-state index contributed by atoms with van der Waals surface area (Å²) < 4.78 is 21.1. The summed E-state index contributed by atoms with van der Waals surface area (Å²) in [6, 6.07) is -0.702. The van der Waals surface area contributed by atoms with E-state index in [1.54, 1.807) is 7.05 Å². The Labute approximate surface area is 449 Å². The smallest absolute Gasteiger partial charge is 0.253 e. The van der Waals surface area contributed by atoms with E-state index in [1.165, 1.54) is 24.3 Å². The molecule has 2 rings (SSSR count). The average Bonchev–Trinajstić information content (AvgIpc) is 3.85. The third-order valence-corrected chi connectivity index (χ3v) is 12.9. The number of primary amides is 1. The minimum absolute atomic E-state index is 0. The topological polar surface area (TPSA) is 338 Å². The van der Waals surface area contributed by atoms with Crippen LogP contribution in [-0.2, 0) is 102 Å². The predicted octanol–water partition coefficient (Wildman–Crippen LogP) is -0.0169. The van der Waals surface area contributed by atoms with Crippen molar-refractivity contribution < 1.29 is 66.9 Å². The minimum Gasteiger partial charge on any atom is -0.377 e. The number of unbranched alkanes of at least 4 members (excludes halogenated alkanes) is 2. The highest BCUT2D eigenvalue weighted by Gasteiger charge is 2.24. The summed E-state index contributed by atoms with van der Waals surface area (Å²) in [6.45, 7) is 3.11. The fourth-order valence-electron chi connectivity index (χ4n) is 5.65. The lowest BCUT2D eigenvalue weighted by atomic mass is 10.1. The summed E-state index contributed by atoms with van der Waals surface area (Å²) in [5.74, 6) is -3.16. The first-order valence-electron chi connectivity index (χ1n) is 22.0. The fraction of sp³-hybridized carbons (Fsp3) is 0.674. The van der Waals surface area contributed by atoms with Crippen molar-refractivity contribution in [2.45, 2.75) is 85.7 Å². The Morgan fingerprint density at radius 1 is 0.562 bits per heavy atom. The van der Waals surface area contributed by atoms with E-state index in [1.807, 2.05) is 0 Å². The molecule has 0 aliphatic carbocycles.